The largest absolute Gasteiger partial charge is 0.508 e. The number of aryl methyl sites for hydroxylation is 1. The Bertz CT molecular complexity index is 508. The van der Waals surface area contributed by atoms with Gasteiger partial charge in [0.05, 0.1) is 0 Å². The van der Waals surface area contributed by atoms with Crippen molar-refractivity contribution in [2.75, 3.05) is 6.26 Å². The second-order valence-electron chi connectivity index (χ2n) is 3.39. The molecule has 0 radical (unpaired) electrons. The van der Waals surface area contributed by atoms with E-state index in [4.69, 9.17) is 0 Å². The van der Waals surface area contributed by atoms with Gasteiger partial charge in [0, 0.05) is 18.7 Å². The molecular formula is C10H11FO4S. The molecule has 0 bridgehead atoms. The molecule has 0 aromatic heterocycles. The Labute approximate surface area is 92.6 Å². The molecule has 0 heterocycles. The molecule has 0 aliphatic rings. The summed E-state index contributed by atoms with van der Waals surface area (Å²) in [5.74, 6) is -1.23. The van der Waals surface area contributed by atoms with E-state index < -0.39 is 20.5 Å². The normalized spacial score (nSPS) is 11.4. The fraction of sp³-hybridized carbons (Fsp3) is 0.300. The Morgan fingerprint density at radius 2 is 2.06 bits per heavy atom. The van der Waals surface area contributed by atoms with Crippen molar-refractivity contribution < 1.29 is 22.7 Å². The Kier molecular flexibility index (Phi) is 3.64. The number of hydrogen-bond acceptors (Lipinski definition) is 4. The van der Waals surface area contributed by atoms with E-state index in [-0.39, 0.29) is 24.2 Å². The van der Waals surface area contributed by atoms with Crippen LogP contribution in [0.25, 0.3) is 0 Å². The predicted octanol–water partition coefficient (Wildman–Crippen LogP) is 1.07. The molecule has 0 aliphatic heterocycles. The third kappa shape index (κ3) is 2.79. The fourth-order valence-corrected chi connectivity index (χ4v) is 2.02. The molecule has 0 saturated heterocycles. The summed E-state index contributed by atoms with van der Waals surface area (Å²) < 4.78 is 35.6. The standard InChI is InChI=1S/C10H11FO4S/c1-16(14,15)10-6-9(13)7(3-2-4-12)5-8(10)11/h4-6,13H,2-3H2,1H3. The zero-order valence-electron chi connectivity index (χ0n) is 8.60. The van der Waals surface area contributed by atoms with E-state index in [1.54, 1.807) is 0 Å². The van der Waals surface area contributed by atoms with Crippen molar-refractivity contribution >= 4 is 16.1 Å². The lowest BCUT2D eigenvalue weighted by Crippen LogP contribution is -2.02. The van der Waals surface area contributed by atoms with Gasteiger partial charge in [-0.1, -0.05) is 0 Å². The summed E-state index contributed by atoms with van der Waals surface area (Å²) in [6, 6.07) is 1.81. The Morgan fingerprint density at radius 3 is 2.56 bits per heavy atom. The smallest absolute Gasteiger partial charge is 0.178 e. The molecule has 0 saturated carbocycles. The SMILES string of the molecule is CS(=O)(=O)c1cc(O)c(CCC=O)cc1F. The van der Waals surface area contributed by atoms with Gasteiger partial charge >= 0.3 is 0 Å². The topological polar surface area (TPSA) is 71.4 Å². The Hall–Kier alpha value is -1.43. The molecule has 4 nitrogen and oxygen atoms in total. The maximum Gasteiger partial charge on any atom is 0.178 e. The van der Waals surface area contributed by atoms with E-state index in [2.05, 4.69) is 0 Å². The minimum atomic E-state index is -3.70. The summed E-state index contributed by atoms with van der Waals surface area (Å²) in [7, 11) is -3.70. The minimum absolute atomic E-state index is 0.144. The van der Waals surface area contributed by atoms with Crippen LogP contribution in [0.4, 0.5) is 4.39 Å². The number of rotatable bonds is 4. The van der Waals surface area contributed by atoms with Crippen molar-refractivity contribution in [2.24, 2.45) is 0 Å². The quantitative estimate of drug-likeness (QED) is 0.806. The van der Waals surface area contributed by atoms with Crippen molar-refractivity contribution in [2.45, 2.75) is 17.7 Å². The molecule has 1 aromatic carbocycles. The van der Waals surface area contributed by atoms with Crippen LogP contribution in [-0.2, 0) is 21.1 Å². The monoisotopic (exact) mass is 246 g/mol. The fourth-order valence-electron chi connectivity index (χ4n) is 1.28. The van der Waals surface area contributed by atoms with E-state index in [9.17, 15) is 22.7 Å². The highest BCUT2D eigenvalue weighted by atomic mass is 32.2. The molecule has 1 aromatic rings. The number of sulfone groups is 1. The molecule has 88 valence electrons. The second kappa shape index (κ2) is 4.61. The van der Waals surface area contributed by atoms with Crippen molar-refractivity contribution in [1.29, 1.82) is 0 Å². The maximum atomic E-state index is 13.4. The number of carbonyl (C=O) groups is 1. The summed E-state index contributed by atoms with van der Waals surface area (Å²) in [6.45, 7) is 0. The van der Waals surface area contributed by atoms with Gasteiger partial charge in [0.25, 0.3) is 0 Å². The van der Waals surface area contributed by atoms with Gasteiger partial charge in [-0.15, -0.1) is 0 Å². The maximum absolute atomic E-state index is 13.4. The molecule has 0 aliphatic carbocycles. The first-order valence-corrected chi connectivity index (χ1v) is 6.40. The summed E-state index contributed by atoms with van der Waals surface area (Å²) in [5.41, 5.74) is 0.219. The van der Waals surface area contributed by atoms with Crippen LogP contribution in [-0.4, -0.2) is 26.1 Å². The molecule has 1 N–H and O–H groups in total. The van der Waals surface area contributed by atoms with Gasteiger partial charge in [0.1, 0.15) is 22.7 Å². The summed E-state index contributed by atoms with van der Waals surface area (Å²) >= 11 is 0. The lowest BCUT2D eigenvalue weighted by atomic mass is 10.1. The van der Waals surface area contributed by atoms with Gasteiger partial charge in [0.2, 0.25) is 0 Å². The van der Waals surface area contributed by atoms with Gasteiger partial charge < -0.3 is 9.90 Å². The Morgan fingerprint density at radius 1 is 1.44 bits per heavy atom. The second-order valence-corrected chi connectivity index (χ2v) is 5.37. The van der Waals surface area contributed by atoms with Crippen molar-refractivity contribution in [3.05, 3.63) is 23.5 Å². The summed E-state index contributed by atoms with van der Waals surface area (Å²) in [5, 5.41) is 9.46. The molecule has 16 heavy (non-hydrogen) atoms. The highest BCUT2D eigenvalue weighted by Crippen LogP contribution is 2.25. The number of aromatic hydroxyl groups is 1. The van der Waals surface area contributed by atoms with Crippen molar-refractivity contribution in [3.63, 3.8) is 0 Å². The highest BCUT2D eigenvalue weighted by molar-refractivity contribution is 7.90. The van der Waals surface area contributed by atoms with Crippen LogP contribution in [0.15, 0.2) is 17.0 Å². The minimum Gasteiger partial charge on any atom is -0.508 e. The number of phenols is 1. The van der Waals surface area contributed by atoms with Crippen LogP contribution in [0, 0.1) is 5.82 Å². The highest BCUT2D eigenvalue weighted by Gasteiger charge is 2.16. The number of aldehydes is 1. The molecule has 0 fully saturated rings. The van der Waals surface area contributed by atoms with E-state index >= 15 is 0 Å². The Balaban J connectivity index is 3.22. The third-order valence-electron chi connectivity index (χ3n) is 2.06. The van der Waals surface area contributed by atoms with Gasteiger partial charge in [-0.25, -0.2) is 12.8 Å². The summed E-state index contributed by atoms with van der Waals surface area (Å²) in [4.78, 5) is 9.59. The zero-order chi connectivity index (χ0) is 12.3. The predicted molar refractivity (Wildman–Crippen MR) is 55.6 cm³/mol. The number of carbonyl (C=O) groups excluding carboxylic acids is 1. The molecule has 0 unspecified atom stereocenters. The van der Waals surface area contributed by atoms with Gasteiger partial charge in [-0.2, -0.15) is 0 Å². The van der Waals surface area contributed by atoms with Crippen LogP contribution in [0.5, 0.6) is 5.75 Å². The lowest BCUT2D eigenvalue weighted by Gasteiger charge is -2.06. The molecule has 0 atom stereocenters. The van der Waals surface area contributed by atoms with Crippen LogP contribution < -0.4 is 0 Å². The average Bonchev–Trinajstić information content (AvgIpc) is 2.17. The zero-order valence-corrected chi connectivity index (χ0v) is 9.42. The van der Waals surface area contributed by atoms with E-state index in [0.717, 1.165) is 18.4 Å². The first kappa shape index (κ1) is 12.6. The van der Waals surface area contributed by atoms with Crippen LogP contribution in [0.1, 0.15) is 12.0 Å². The number of benzene rings is 1. The van der Waals surface area contributed by atoms with Crippen LogP contribution >= 0.6 is 0 Å². The molecular weight excluding hydrogens is 235 g/mol. The van der Waals surface area contributed by atoms with Crippen molar-refractivity contribution in [1.82, 2.24) is 0 Å². The number of phenolic OH excluding ortho intramolecular Hbond substituents is 1. The first-order chi connectivity index (χ1) is 7.36. The molecule has 6 heteroatoms. The van der Waals surface area contributed by atoms with Gasteiger partial charge in [-0.05, 0) is 18.1 Å². The van der Waals surface area contributed by atoms with Crippen LogP contribution in [0.3, 0.4) is 0 Å². The van der Waals surface area contributed by atoms with E-state index in [0.29, 0.717) is 6.29 Å². The van der Waals surface area contributed by atoms with E-state index in [1.807, 2.05) is 0 Å². The van der Waals surface area contributed by atoms with Gasteiger partial charge in [-0.3, -0.25) is 0 Å². The first-order valence-electron chi connectivity index (χ1n) is 4.51. The molecule has 0 amide bonds. The summed E-state index contributed by atoms with van der Waals surface area (Å²) in [6.07, 6.45) is 1.82. The lowest BCUT2D eigenvalue weighted by molar-refractivity contribution is -0.107. The number of halogens is 1. The molecule has 0 spiro atoms. The number of hydrogen-bond donors (Lipinski definition) is 1. The van der Waals surface area contributed by atoms with E-state index in [1.165, 1.54) is 0 Å². The van der Waals surface area contributed by atoms with Gasteiger partial charge in [0.15, 0.2) is 9.84 Å². The van der Waals surface area contributed by atoms with Crippen LogP contribution in [0.2, 0.25) is 0 Å². The average molecular weight is 246 g/mol. The molecule has 1 rings (SSSR count). The third-order valence-corrected chi connectivity index (χ3v) is 3.18. The van der Waals surface area contributed by atoms with Crippen molar-refractivity contribution in [3.8, 4) is 5.75 Å².